The SMILES string of the molecule is COC(=O)c1cc(NC2CC(C)C2)ccc1Cl. The van der Waals surface area contributed by atoms with Gasteiger partial charge in [-0.1, -0.05) is 18.5 Å². The number of halogens is 1. The number of hydrogen-bond donors (Lipinski definition) is 1. The predicted molar refractivity (Wildman–Crippen MR) is 68.6 cm³/mol. The van der Waals surface area contributed by atoms with Crippen LogP contribution < -0.4 is 5.32 Å². The standard InChI is InChI=1S/C13H16ClNO2/c1-8-5-10(6-8)15-9-3-4-12(14)11(7-9)13(16)17-2/h3-4,7-8,10,15H,5-6H2,1-2H3. The number of benzene rings is 1. The Morgan fingerprint density at radius 1 is 1.47 bits per heavy atom. The third-order valence-electron chi connectivity index (χ3n) is 3.12. The highest BCUT2D eigenvalue weighted by atomic mass is 35.5. The second-order valence-electron chi connectivity index (χ2n) is 4.60. The molecule has 1 aromatic rings. The van der Waals surface area contributed by atoms with Crippen molar-refractivity contribution in [1.82, 2.24) is 0 Å². The number of carbonyl (C=O) groups excluding carboxylic acids is 1. The Morgan fingerprint density at radius 2 is 2.18 bits per heavy atom. The van der Waals surface area contributed by atoms with Gasteiger partial charge in [-0.2, -0.15) is 0 Å². The average Bonchev–Trinajstić information content (AvgIpc) is 2.28. The molecule has 1 aliphatic rings. The van der Waals surface area contributed by atoms with Gasteiger partial charge in [0.2, 0.25) is 0 Å². The molecule has 92 valence electrons. The first kappa shape index (κ1) is 12.2. The summed E-state index contributed by atoms with van der Waals surface area (Å²) in [6, 6.07) is 5.87. The van der Waals surface area contributed by atoms with Gasteiger partial charge in [-0.05, 0) is 37.0 Å². The lowest BCUT2D eigenvalue weighted by molar-refractivity contribution is 0.0601. The van der Waals surface area contributed by atoms with Crippen molar-refractivity contribution in [2.24, 2.45) is 5.92 Å². The van der Waals surface area contributed by atoms with Gasteiger partial charge < -0.3 is 10.1 Å². The van der Waals surface area contributed by atoms with E-state index in [1.54, 1.807) is 12.1 Å². The van der Waals surface area contributed by atoms with E-state index < -0.39 is 5.97 Å². The highest BCUT2D eigenvalue weighted by molar-refractivity contribution is 6.33. The summed E-state index contributed by atoms with van der Waals surface area (Å²) in [6.07, 6.45) is 2.35. The second-order valence-corrected chi connectivity index (χ2v) is 5.01. The van der Waals surface area contributed by atoms with Gasteiger partial charge in [0.25, 0.3) is 0 Å². The molecule has 0 amide bonds. The van der Waals surface area contributed by atoms with E-state index in [-0.39, 0.29) is 0 Å². The molecule has 0 aromatic heterocycles. The lowest BCUT2D eigenvalue weighted by atomic mass is 9.82. The van der Waals surface area contributed by atoms with E-state index in [1.165, 1.54) is 20.0 Å². The lowest BCUT2D eigenvalue weighted by Crippen LogP contribution is -2.33. The minimum atomic E-state index is -0.402. The number of rotatable bonds is 3. The van der Waals surface area contributed by atoms with E-state index >= 15 is 0 Å². The highest BCUT2D eigenvalue weighted by Crippen LogP contribution is 2.30. The zero-order valence-corrected chi connectivity index (χ0v) is 10.8. The zero-order valence-electron chi connectivity index (χ0n) is 10.00. The quantitative estimate of drug-likeness (QED) is 0.840. The number of methoxy groups -OCH3 is 1. The predicted octanol–water partition coefficient (Wildman–Crippen LogP) is 3.34. The lowest BCUT2D eigenvalue weighted by Gasteiger charge is -2.34. The van der Waals surface area contributed by atoms with Crippen molar-refractivity contribution in [3.05, 3.63) is 28.8 Å². The van der Waals surface area contributed by atoms with Crippen molar-refractivity contribution in [2.45, 2.75) is 25.8 Å². The summed E-state index contributed by atoms with van der Waals surface area (Å²) in [5, 5.41) is 3.81. The van der Waals surface area contributed by atoms with Crippen LogP contribution in [-0.4, -0.2) is 19.1 Å². The molecule has 2 rings (SSSR count). The first-order valence-electron chi connectivity index (χ1n) is 5.74. The minimum absolute atomic E-state index is 0.402. The van der Waals surface area contributed by atoms with Crippen LogP contribution in [0.15, 0.2) is 18.2 Å². The zero-order chi connectivity index (χ0) is 12.4. The van der Waals surface area contributed by atoms with Crippen molar-refractivity contribution in [2.75, 3.05) is 12.4 Å². The Kier molecular flexibility index (Phi) is 3.57. The first-order chi connectivity index (χ1) is 8.10. The maximum Gasteiger partial charge on any atom is 0.339 e. The van der Waals surface area contributed by atoms with Gasteiger partial charge in [0, 0.05) is 11.7 Å². The van der Waals surface area contributed by atoms with Crippen LogP contribution in [0.4, 0.5) is 5.69 Å². The Labute approximate surface area is 106 Å². The number of ether oxygens (including phenoxy) is 1. The van der Waals surface area contributed by atoms with Crippen LogP contribution >= 0.6 is 11.6 Å². The number of nitrogens with one attached hydrogen (secondary N) is 1. The highest BCUT2D eigenvalue weighted by Gasteiger charge is 2.25. The van der Waals surface area contributed by atoms with Crippen LogP contribution in [-0.2, 0) is 4.74 Å². The molecule has 1 saturated carbocycles. The summed E-state index contributed by atoms with van der Waals surface area (Å²) in [4.78, 5) is 11.5. The molecule has 1 aliphatic carbocycles. The van der Waals surface area contributed by atoms with E-state index in [4.69, 9.17) is 11.6 Å². The molecule has 1 aromatic carbocycles. The van der Waals surface area contributed by atoms with Crippen LogP contribution in [0.1, 0.15) is 30.1 Å². The van der Waals surface area contributed by atoms with E-state index in [1.807, 2.05) is 6.07 Å². The van der Waals surface area contributed by atoms with Crippen molar-refractivity contribution in [3.8, 4) is 0 Å². The fourth-order valence-electron chi connectivity index (χ4n) is 2.14. The number of carbonyl (C=O) groups is 1. The fraction of sp³-hybridized carbons (Fsp3) is 0.462. The van der Waals surface area contributed by atoms with Crippen molar-refractivity contribution >= 4 is 23.3 Å². The van der Waals surface area contributed by atoms with Gasteiger partial charge in [0.05, 0.1) is 17.7 Å². The average molecular weight is 254 g/mol. The molecule has 4 heteroatoms. The molecular weight excluding hydrogens is 238 g/mol. The molecule has 0 saturated heterocycles. The molecule has 0 heterocycles. The number of esters is 1. The third kappa shape index (κ3) is 2.72. The van der Waals surface area contributed by atoms with Crippen LogP contribution in [0.2, 0.25) is 5.02 Å². The van der Waals surface area contributed by atoms with E-state index in [2.05, 4.69) is 17.0 Å². The number of anilines is 1. The van der Waals surface area contributed by atoms with Crippen molar-refractivity contribution in [3.63, 3.8) is 0 Å². The molecule has 3 nitrogen and oxygen atoms in total. The molecule has 0 unspecified atom stereocenters. The van der Waals surface area contributed by atoms with Gasteiger partial charge in [-0.3, -0.25) is 0 Å². The summed E-state index contributed by atoms with van der Waals surface area (Å²) >= 11 is 5.95. The molecule has 0 bridgehead atoms. The summed E-state index contributed by atoms with van der Waals surface area (Å²) in [6.45, 7) is 2.24. The van der Waals surface area contributed by atoms with E-state index in [0.717, 1.165) is 11.6 Å². The molecule has 0 radical (unpaired) electrons. The van der Waals surface area contributed by atoms with E-state index in [0.29, 0.717) is 16.6 Å². The molecular formula is C13H16ClNO2. The maximum absolute atomic E-state index is 11.5. The van der Waals surface area contributed by atoms with Gasteiger partial charge in [0.15, 0.2) is 0 Å². The molecule has 0 atom stereocenters. The molecule has 1 N–H and O–H groups in total. The van der Waals surface area contributed by atoms with Gasteiger partial charge >= 0.3 is 5.97 Å². The molecule has 0 spiro atoms. The fourth-order valence-corrected chi connectivity index (χ4v) is 2.33. The van der Waals surface area contributed by atoms with Crippen LogP contribution in [0.5, 0.6) is 0 Å². The van der Waals surface area contributed by atoms with Gasteiger partial charge in [0.1, 0.15) is 0 Å². The van der Waals surface area contributed by atoms with Crippen molar-refractivity contribution < 1.29 is 9.53 Å². The Morgan fingerprint density at radius 3 is 2.76 bits per heavy atom. The monoisotopic (exact) mass is 253 g/mol. The first-order valence-corrected chi connectivity index (χ1v) is 6.12. The summed E-state index contributed by atoms with van der Waals surface area (Å²) < 4.78 is 4.68. The third-order valence-corrected chi connectivity index (χ3v) is 3.45. The molecule has 0 aliphatic heterocycles. The van der Waals surface area contributed by atoms with Gasteiger partial charge in [-0.25, -0.2) is 4.79 Å². The van der Waals surface area contributed by atoms with Crippen LogP contribution in [0.25, 0.3) is 0 Å². The Hall–Kier alpha value is -1.22. The summed E-state index contributed by atoms with van der Waals surface area (Å²) in [5.74, 6) is 0.389. The summed E-state index contributed by atoms with van der Waals surface area (Å²) in [5.41, 5.74) is 1.33. The van der Waals surface area contributed by atoms with Crippen molar-refractivity contribution in [1.29, 1.82) is 0 Å². The topological polar surface area (TPSA) is 38.3 Å². The minimum Gasteiger partial charge on any atom is -0.465 e. The maximum atomic E-state index is 11.5. The Bertz CT molecular complexity index is 427. The second kappa shape index (κ2) is 4.96. The Balaban J connectivity index is 2.10. The summed E-state index contributed by atoms with van der Waals surface area (Å²) in [7, 11) is 1.35. The smallest absolute Gasteiger partial charge is 0.339 e. The van der Waals surface area contributed by atoms with Crippen LogP contribution in [0.3, 0.4) is 0 Å². The number of hydrogen-bond acceptors (Lipinski definition) is 3. The molecule has 17 heavy (non-hydrogen) atoms. The van der Waals surface area contributed by atoms with Crippen LogP contribution in [0, 0.1) is 5.92 Å². The largest absolute Gasteiger partial charge is 0.465 e. The van der Waals surface area contributed by atoms with Gasteiger partial charge in [-0.15, -0.1) is 0 Å². The normalized spacial score (nSPS) is 22.8. The van der Waals surface area contributed by atoms with E-state index in [9.17, 15) is 4.79 Å². The molecule has 1 fully saturated rings.